The van der Waals surface area contributed by atoms with E-state index in [0.717, 1.165) is 0 Å². The number of carbonyl (C=O) groups excluding carboxylic acids is 1. The fourth-order valence-electron chi connectivity index (χ4n) is 2.78. The predicted molar refractivity (Wildman–Crippen MR) is 96.0 cm³/mol. The lowest BCUT2D eigenvalue weighted by Crippen LogP contribution is -2.14. The molecular formula is C19H22O8. The van der Waals surface area contributed by atoms with Crippen LogP contribution in [0.3, 0.4) is 0 Å². The number of hydrogen-bond donors (Lipinski definition) is 1. The molecule has 2 rings (SSSR count). The number of carbonyl (C=O) groups is 1. The van der Waals surface area contributed by atoms with Gasteiger partial charge in [-0.2, -0.15) is 0 Å². The molecule has 0 aliphatic carbocycles. The molecule has 1 aromatic carbocycles. The molecule has 0 saturated heterocycles. The quantitative estimate of drug-likeness (QED) is 0.732. The van der Waals surface area contributed by atoms with Gasteiger partial charge >= 0.3 is 5.97 Å². The van der Waals surface area contributed by atoms with Crippen molar-refractivity contribution < 1.29 is 33.3 Å². The second-order valence-electron chi connectivity index (χ2n) is 5.72. The number of rotatable bonds is 7. The van der Waals surface area contributed by atoms with Crippen LogP contribution in [0.25, 0.3) is 0 Å². The minimum absolute atomic E-state index is 0.0593. The van der Waals surface area contributed by atoms with Crippen LogP contribution >= 0.6 is 0 Å². The Morgan fingerprint density at radius 2 is 1.63 bits per heavy atom. The van der Waals surface area contributed by atoms with Crippen molar-refractivity contribution >= 4 is 5.97 Å². The maximum absolute atomic E-state index is 12.0. The van der Waals surface area contributed by atoms with Crippen molar-refractivity contribution in [1.29, 1.82) is 0 Å². The Labute approximate surface area is 156 Å². The summed E-state index contributed by atoms with van der Waals surface area (Å²) >= 11 is 0. The van der Waals surface area contributed by atoms with Gasteiger partial charge < -0.3 is 28.5 Å². The lowest BCUT2D eigenvalue weighted by Gasteiger charge is -2.21. The molecule has 8 nitrogen and oxygen atoms in total. The van der Waals surface area contributed by atoms with E-state index >= 15 is 0 Å². The van der Waals surface area contributed by atoms with Gasteiger partial charge in [-0.05, 0) is 13.0 Å². The summed E-state index contributed by atoms with van der Waals surface area (Å²) in [5.41, 5.74) is -0.146. The molecule has 0 saturated carbocycles. The fraction of sp³-hybridized carbons (Fsp3) is 0.368. The molecule has 0 bridgehead atoms. The van der Waals surface area contributed by atoms with Crippen LogP contribution in [-0.4, -0.2) is 39.5 Å². The first-order valence-corrected chi connectivity index (χ1v) is 8.06. The summed E-state index contributed by atoms with van der Waals surface area (Å²) in [4.78, 5) is 24.0. The van der Waals surface area contributed by atoms with Crippen LogP contribution in [0.5, 0.6) is 23.0 Å². The summed E-state index contributed by atoms with van der Waals surface area (Å²) in [5, 5.41) is 10.3. The van der Waals surface area contributed by atoms with Gasteiger partial charge in [-0.3, -0.25) is 9.59 Å². The molecule has 0 amide bonds. The van der Waals surface area contributed by atoms with Gasteiger partial charge in [0.1, 0.15) is 11.5 Å². The monoisotopic (exact) mass is 378 g/mol. The highest BCUT2D eigenvalue weighted by Crippen LogP contribution is 2.43. The summed E-state index contributed by atoms with van der Waals surface area (Å²) in [7, 11) is 5.64. The minimum Gasteiger partial charge on any atom is -0.502 e. The minimum atomic E-state index is -0.847. The van der Waals surface area contributed by atoms with Crippen LogP contribution in [-0.2, 0) is 9.53 Å². The molecular weight excluding hydrogens is 356 g/mol. The van der Waals surface area contributed by atoms with Crippen molar-refractivity contribution in [3.05, 3.63) is 45.5 Å². The van der Waals surface area contributed by atoms with Gasteiger partial charge in [-0.15, -0.1) is 0 Å². The Hall–Kier alpha value is -3.16. The molecule has 0 unspecified atom stereocenters. The first kappa shape index (κ1) is 20.2. The average molecular weight is 378 g/mol. The van der Waals surface area contributed by atoms with Crippen molar-refractivity contribution in [3.63, 3.8) is 0 Å². The van der Waals surface area contributed by atoms with Gasteiger partial charge in [-0.1, -0.05) is 0 Å². The highest BCUT2D eigenvalue weighted by Gasteiger charge is 2.30. The van der Waals surface area contributed by atoms with E-state index in [4.69, 9.17) is 23.4 Å². The predicted octanol–water partition coefficient (Wildman–Crippen LogP) is 2.37. The lowest BCUT2D eigenvalue weighted by atomic mass is 9.91. The number of aromatic hydroxyl groups is 1. The number of aryl methyl sites for hydroxylation is 1. The Bertz CT molecular complexity index is 884. The van der Waals surface area contributed by atoms with Gasteiger partial charge in [0.25, 0.3) is 0 Å². The zero-order valence-corrected chi connectivity index (χ0v) is 15.8. The molecule has 27 heavy (non-hydrogen) atoms. The third kappa shape index (κ3) is 4.16. The smallest absolute Gasteiger partial charge is 0.306 e. The van der Waals surface area contributed by atoms with E-state index < -0.39 is 23.1 Å². The van der Waals surface area contributed by atoms with Gasteiger partial charge in [-0.25, -0.2) is 0 Å². The highest BCUT2D eigenvalue weighted by atomic mass is 16.5. The van der Waals surface area contributed by atoms with Crippen molar-refractivity contribution in [2.45, 2.75) is 19.3 Å². The summed E-state index contributed by atoms with van der Waals surface area (Å²) in [6.07, 6.45) is -0.192. The van der Waals surface area contributed by atoms with Crippen molar-refractivity contribution in [2.24, 2.45) is 0 Å². The molecule has 2 aromatic rings. The zero-order chi connectivity index (χ0) is 20.1. The Balaban J connectivity index is 2.76. The zero-order valence-electron chi connectivity index (χ0n) is 15.8. The van der Waals surface area contributed by atoms with Crippen LogP contribution in [0, 0.1) is 6.92 Å². The van der Waals surface area contributed by atoms with Crippen molar-refractivity contribution in [3.8, 4) is 23.0 Å². The molecule has 0 fully saturated rings. The number of methoxy groups -OCH3 is 4. The van der Waals surface area contributed by atoms with Gasteiger partial charge in [0.2, 0.25) is 11.2 Å². The van der Waals surface area contributed by atoms with E-state index in [0.29, 0.717) is 28.6 Å². The fourth-order valence-corrected chi connectivity index (χ4v) is 2.78. The summed E-state index contributed by atoms with van der Waals surface area (Å²) in [5.74, 6) is -0.572. The van der Waals surface area contributed by atoms with E-state index in [1.54, 1.807) is 19.1 Å². The number of benzene rings is 1. The maximum atomic E-state index is 12.0. The molecule has 1 aromatic heterocycles. The van der Waals surface area contributed by atoms with Crippen molar-refractivity contribution in [2.75, 3.05) is 28.4 Å². The molecule has 1 atom stereocenters. The second kappa shape index (κ2) is 8.48. The second-order valence-corrected chi connectivity index (χ2v) is 5.72. The first-order valence-electron chi connectivity index (χ1n) is 8.06. The topological polar surface area (TPSA) is 104 Å². The molecule has 0 aliphatic heterocycles. The molecule has 8 heteroatoms. The summed E-state index contributed by atoms with van der Waals surface area (Å²) in [6, 6.07) is 4.36. The number of hydrogen-bond acceptors (Lipinski definition) is 8. The van der Waals surface area contributed by atoms with Gasteiger partial charge in [0.05, 0.1) is 40.8 Å². The Kier molecular flexibility index (Phi) is 6.33. The Morgan fingerprint density at radius 3 is 2.19 bits per heavy atom. The van der Waals surface area contributed by atoms with Crippen LogP contribution in [0.1, 0.15) is 29.4 Å². The average Bonchev–Trinajstić information content (AvgIpc) is 2.67. The summed E-state index contributed by atoms with van der Waals surface area (Å²) in [6.45, 7) is 1.57. The van der Waals surface area contributed by atoms with Crippen molar-refractivity contribution in [1.82, 2.24) is 0 Å². The molecule has 1 heterocycles. The largest absolute Gasteiger partial charge is 0.502 e. The van der Waals surface area contributed by atoms with Crippen LogP contribution in [0.2, 0.25) is 0 Å². The number of ether oxygens (including phenoxy) is 4. The van der Waals surface area contributed by atoms with E-state index in [9.17, 15) is 14.7 Å². The molecule has 0 radical (unpaired) electrons. The van der Waals surface area contributed by atoms with E-state index in [1.807, 2.05) is 0 Å². The third-order valence-electron chi connectivity index (χ3n) is 4.10. The molecule has 0 aliphatic rings. The summed E-state index contributed by atoms with van der Waals surface area (Å²) < 4.78 is 26.4. The lowest BCUT2D eigenvalue weighted by molar-refractivity contribution is -0.140. The van der Waals surface area contributed by atoms with E-state index in [2.05, 4.69) is 0 Å². The number of esters is 1. The SMILES string of the molecule is COC(=O)C[C@H](c1cc(OC)c(OC)cc1OC)c1oc(C)cc(=O)c1O. The van der Waals surface area contributed by atoms with Gasteiger partial charge in [0.15, 0.2) is 17.3 Å². The first-order chi connectivity index (χ1) is 12.9. The normalized spacial score (nSPS) is 11.6. The molecule has 1 N–H and O–H groups in total. The van der Waals surface area contributed by atoms with Crippen LogP contribution in [0.15, 0.2) is 27.4 Å². The Morgan fingerprint density at radius 1 is 1.04 bits per heavy atom. The third-order valence-corrected chi connectivity index (χ3v) is 4.10. The van der Waals surface area contributed by atoms with E-state index in [-0.39, 0.29) is 12.2 Å². The standard InChI is InChI=1S/C19H22O8/c1-10-6-13(20)18(22)19(27-10)12(8-17(21)26-5)11-7-15(24-3)16(25-4)9-14(11)23-2/h6-7,9,12,22H,8H2,1-5H3/t12-/m1/s1. The van der Waals surface area contributed by atoms with Crippen LogP contribution in [0.4, 0.5) is 0 Å². The maximum Gasteiger partial charge on any atom is 0.306 e. The van der Waals surface area contributed by atoms with Crippen LogP contribution < -0.4 is 19.6 Å². The highest BCUT2D eigenvalue weighted by molar-refractivity contribution is 5.72. The molecule has 146 valence electrons. The van der Waals surface area contributed by atoms with E-state index in [1.165, 1.54) is 34.5 Å². The van der Waals surface area contributed by atoms with Gasteiger partial charge in [0, 0.05) is 17.7 Å². The molecule has 0 spiro atoms.